The highest BCUT2D eigenvalue weighted by Gasteiger charge is 2.18. The third-order valence-electron chi connectivity index (χ3n) is 4.75. The molecule has 27 heavy (non-hydrogen) atoms. The van der Waals surface area contributed by atoms with E-state index < -0.39 is 0 Å². The number of aromatic nitrogens is 2. The van der Waals surface area contributed by atoms with Gasteiger partial charge in [0.25, 0.3) is 4.84 Å². The van der Waals surface area contributed by atoms with Gasteiger partial charge < -0.3 is 13.9 Å². The van der Waals surface area contributed by atoms with Gasteiger partial charge in [-0.25, -0.2) is 4.68 Å². The van der Waals surface area contributed by atoms with Gasteiger partial charge in [0, 0.05) is 24.7 Å². The molecule has 6 nitrogen and oxygen atoms in total. The van der Waals surface area contributed by atoms with Crippen LogP contribution in [0.5, 0.6) is 11.5 Å². The van der Waals surface area contributed by atoms with E-state index in [1.54, 1.807) is 25.0 Å². The molecule has 1 aromatic heterocycles. The minimum Gasteiger partial charge on any atom is -0.497 e. The maximum Gasteiger partial charge on any atom is 0.288 e. The van der Waals surface area contributed by atoms with Crippen LogP contribution in [0.1, 0.15) is 11.1 Å². The second-order valence-electron chi connectivity index (χ2n) is 6.49. The van der Waals surface area contributed by atoms with Crippen LogP contribution in [0, 0.1) is 4.84 Å². The molecule has 0 radical (unpaired) electrons. The summed E-state index contributed by atoms with van der Waals surface area (Å²) in [4.78, 5) is 2.67. The topological polar surface area (TPSA) is 52.7 Å². The summed E-state index contributed by atoms with van der Waals surface area (Å²) in [5.74, 6) is 1.80. The molecule has 0 aliphatic carbocycles. The van der Waals surface area contributed by atoms with Crippen molar-refractivity contribution in [3.63, 3.8) is 0 Å². The molecule has 0 saturated heterocycles. The number of fused-ring (bicyclic) bond motifs is 1. The molecule has 0 atom stereocenters. The van der Waals surface area contributed by atoms with Gasteiger partial charge in [-0.05, 0) is 41.9 Å². The lowest BCUT2D eigenvalue weighted by Gasteiger charge is -2.28. The van der Waals surface area contributed by atoms with Gasteiger partial charge >= 0.3 is 0 Å². The largest absolute Gasteiger partial charge is 0.497 e. The highest BCUT2D eigenvalue weighted by atomic mass is 32.1. The molecule has 0 spiro atoms. The van der Waals surface area contributed by atoms with Crippen molar-refractivity contribution < 1.29 is 13.9 Å². The summed E-state index contributed by atoms with van der Waals surface area (Å²) in [5.41, 5.74) is 3.54. The fourth-order valence-electron chi connectivity index (χ4n) is 3.31. The normalized spacial score (nSPS) is 14.0. The van der Waals surface area contributed by atoms with Gasteiger partial charge in [0.15, 0.2) is 0 Å². The molecule has 0 amide bonds. The van der Waals surface area contributed by atoms with Crippen LogP contribution in [0.3, 0.4) is 0 Å². The number of benzene rings is 2. The van der Waals surface area contributed by atoms with Crippen LogP contribution in [-0.4, -0.2) is 35.4 Å². The van der Waals surface area contributed by atoms with E-state index in [2.05, 4.69) is 34.3 Å². The van der Waals surface area contributed by atoms with Crippen molar-refractivity contribution in [1.82, 2.24) is 14.7 Å². The van der Waals surface area contributed by atoms with E-state index in [1.807, 2.05) is 12.1 Å². The lowest BCUT2D eigenvalue weighted by molar-refractivity contribution is 0.186. The number of rotatable bonds is 5. The predicted octanol–water partition coefficient (Wildman–Crippen LogP) is 3.91. The van der Waals surface area contributed by atoms with Gasteiger partial charge in [-0.3, -0.25) is 4.90 Å². The Kier molecular flexibility index (Phi) is 4.96. The summed E-state index contributed by atoms with van der Waals surface area (Å²) in [5, 5.41) is 4.57. The quantitative estimate of drug-likeness (QED) is 0.623. The summed E-state index contributed by atoms with van der Waals surface area (Å²) in [6.07, 6.45) is 1.03. The van der Waals surface area contributed by atoms with Crippen LogP contribution < -0.4 is 9.47 Å². The minimum atomic E-state index is 0.352. The smallest absolute Gasteiger partial charge is 0.288 e. The Balaban J connectivity index is 1.57. The number of nitrogens with zero attached hydrogens (tertiary/aromatic N) is 3. The Morgan fingerprint density at radius 3 is 2.48 bits per heavy atom. The molecule has 0 N–H and O–H groups in total. The summed E-state index contributed by atoms with van der Waals surface area (Å²) in [6.45, 7) is 2.44. The van der Waals surface area contributed by atoms with Crippen molar-refractivity contribution in [3.8, 4) is 23.0 Å². The van der Waals surface area contributed by atoms with Crippen molar-refractivity contribution in [1.29, 1.82) is 0 Å². The summed E-state index contributed by atoms with van der Waals surface area (Å²) in [7, 11) is 3.22. The van der Waals surface area contributed by atoms with E-state index in [0.29, 0.717) is 28.9 Å². The Morgan fingerprint density at radius 1 is 1.07 bits per heavy atom. The molecule has 0 bridgehead atoms. The van der Waals surface area contributed by atoms with Gasteiger partial charge in [0.05, 0.1) is 20.9 Å². The zero-order valence-electron chi connectivity index (χ0n) is 15.3. The Morgan fingerprint density at radius 2 is 1.78 bits per heavy atom. The molecular weight excluding hydrogens is 362 g/mol. The highest BCUT2D eigenvalue weighted by Crippen LogP contribution is 2.29. The van der Waals surface area contributed by atoms with Crippen LogP contribution >= 0.6 is 12.2 Å². The van der Waals surface area contributed by atoms with Crippen LogP contribution in [0.4, 0.5) is 0 Å². The monoisotopic (exact) mass is 383 g/mol. The Bertz CT molecular complexity index is 989. The molecule has 0 fully saturated rings. The molecule has 0 saturated carbocycles. The zero-order valence-corrected chi connectivity index (χ0v) is 16.2. The summed E-state index contributed by atoms with van der Waals surface area (Å²) < 4.78 is 18.1. The molecule has 1 aliphatic rings. The average molecular weight is 383 g/mol. The van der Waals surface area contributed by atoms with E-state index in [-0.39, 0.29) is 0 Å². The van der Waals surface area contributed by atoms with Gasteiger partial charge in [0.2, 0.25) is 5.89 Å². The van der Waals surface area contributed by atoms with Crippen molar-refractivity contribution in [2.45, 2.75) is 19.6 Å². The van der Waals surface area contributed by atoms with E-state index in [1.165, 1.54) is 11.1 Å². The first kappa shape index (κ1) is 17.8. The summed E-state index contributed by atoms with van der Waals surface area (Å²) >= 11 is 5.39. The molecule has 140 valence electrons. The first-order chi connectivity index (χ1) is 13.2. The van der Waals surface area contributed by atoms with Crippen molar-refractivity contribution >= 4 is 12.2 Å². The van der Waals surface area contributed by atoms with E-state index in [0.717, 1.165) is 25.1 Å². The van der Waals surface area contributed by atoms with E-state index >= 15 is 0 Å². The zero-order chi connectivity index (χ0) is 18.8. The van der Waals surface area contributed by atoms with Crippen LogP contribution in [-0.2, 0) is 19.6 Å². The van der Waals surface area contributed by atoms with Crippen LogP contribution in [0.2, 0.25) is 0 Å². The number of ether oxygens (including phenoxy) is 2. The standard InChI is InChI=1S/C20H21N3O3S/c1-24-17-9-16(10-18(11-17)25-2)19-21-23(20(27)26-19)13-22-8-7-14-5-3-4-6-15(14)12-22/h3-6,9-11H,7-8,12-13H2,1-2H3. The first-order valence-electron chi connectivity index (χ1n) is 8.77. The second kappa shape index (κ2) is 7.54. The van der Waals surface area contributed by atoms with Gasteiger partial charge in [-0.1, -0.05) is 24.3 Å². The fourth-order valence-corrected chi connectivity index (χ4v) is 3.49. The maximum absolute atomic E-state index is 5.74. The fraction of sp³-hybridized carbons (Fsp3) is 0.300. The number of hydrogen-bond acceptors (Lipinski definition) is 6. The SMILES string of the molecule is COc1cc(OC)cc(-c2nn(CN3CCc4ccccc4C3)c(=S)o2)c1. The van der Waals surface area contributed by atoms with Crippen molar-refractivity contribution in [2.75, 3.05) is 20.8 Å². The number of hydrogen-bond donors (Lipinski definition) is 0. The molecule has 4 rings (SSSR count). The van der Waals surface area contributed by atoms with Gasteiger partial charge in [-0.2, -0.15) is 0 Å². The minimum absolute atomic E-state index is 0.352. The van der Waals surface area contributed by atoms with Crippen molar-refractivity contribution in [3.05, 3.63) is 58.4 Å². The number of methoxy groups -OCH3 is 2. The second-order valence-corrected chi connectivity index (χ2v) is 6.84. The Hall–Kier alpha value is -2.64. The van der Waals surface area contributed by atoms with Gasteiger partial charge in [0.1, 0.15) is 11.5 Å². The van der Waals surface area contributed by atoms with E-state index in [9.17, 15) is 0 Å². The molecular formula is C20H21N3O3S. The molecule has 2 heterocycles. The lowest BCUT2D eigenvalue weighted by Crippen LogP contribution is -2.32. The average Bonchev–Trinajstić information content (AvgIpc) is 3.07. The first-order valence-corrected chi connectivity index (χ1v) is 9.17. The Labute approximate surface area is 162 Å². The van der Waals surface area contributed by atoms with Crippen molar-refractivity contribution in [2.24, 2.45) is 0 Å². The molecule has 7 heteroatoms. The molecule has 3 aromatic rings. The third-order valence-corrected chi connectivity index (χ3v) is 5.04. The van der Waals surface area contributed by atoms with Crippen LogP contribution in [0.15, 0.2) is 46.9 Å². The molecule has 1 aliphatic heterocycles. The third kappa shape index (κ3) is 3.74. The molecule has 0 unspecified atom stereocenters. The highest BCUT2D eigenvalue weighted by molar-refractivity contribution is 7.71. The van der Waals surface area contributed by atoms with Crippen LogP contribution in [0.25, 0.3) is 11.5 Å². The van der Waals surface area contributed by atoms with E-state index in [4.69, 9.17) is 26.1 Å². The van der Waals surface area contributed by atoms with Gasteiger partial charge in [-0.15, -0.1) is 5.10 Å². The predicted molar refractivity (Wildman–Crippen MR) is 104 cm³/mol. The molecule has 2 aromatic carbocycles. The maximum atomic E-state index is 5.74. The summed E-state index contributed by atoms with van der Waals surface area (Å²) in [6, 6.07) is 14.1. The lowest BCUT2D eigenvalue weighted by atomic mass is 10.0.